The summed E-state index contributed by atoms with van der Waals surface area (Å²) in [5.41, 5.74) is 2.04. The summed E-state index contributed by atoms with van der Waals surface area (Å²) in [6, 6.07) is 7.14. The molecule has 0 saturated carbocycles. The maximum atomic E-state index is 12.9. The summed E-state index contributed by atoms with van der Waals surface area (Å²) >= 11 is 0. The van der Waals surface area contributed by atoms with E-state index in [1.54, 1.807) is 20.2 Å². The summed E-state index contributed by atoms with van der Waals surface area (Å²) < 4.78 is 12.3. The van der Waals surface area contributed by atoms with Gasteiger partial charge in [0.05, 0.1) is 12.8 Å². The van der Waals surface area contributed by atoms with Crippen LogP contribution in [0.4, 0.5) is 0 Å². The first-order chi connectivity index (χ1) is 12.5. The Balaban J connectivity index is 1.97. The predicted molar refractivity (Wildman–Crippen MR) is 96.1 cm³/mol. The fraction of sp³-hybridized carbons (Fsp3) is 0.316. The number of methoxy groups -OCH3 is 1. The second kappa shape index (κ2) is 7.43. The van der Waals surface area contributed by atoms with Crippen LogP contribution in [0.1, 0.15) is 46.2 Å². The van der Waals surface area contributed by atoms with E-state index in [1.165, 1.54) is 0 Å². The molecule has 0 aliphatic carbocycles. The lowest BCUT2D eigenvalue weighted by atomic mass is 10.0. The molecule has 0 saturated heterocycles. The van der Waals surface area contributed by atoms with Crippen molar-refractivity contribution >= 4 is 5.91 Å². The number of nitrogens with zero attached hydrogens (tertiary/aromatic N) is 3. The molecule has 1 N–H and O–H groups in total. The molecule has 3 aromatic rings. The van der Waals surface area contributed by atoms with Crippen molar-refractivity contribution in [3.05, 3.63) is 65.1 Å². The molecule has 0 aliphatic rings. The maximum Gasteiger partial charge on any atom is 0.257 e. The summed E-state index contributed by atoms with van der Waals surface area (Å²) in [5.74, 6) is 1.76. The van der Waals surface area contributed by atoms with Gasteiger partial charge in [-0.15, -0.1) is 0 Å². The van der Waals surface area contributed by atoms with Gasteiger partial charge in [0.25, 0.3) is 5.91 Å². The van der Waals surface area contributed by atoms with Gasteiger partial charge >= 0.3 is 0 Å². The van der Waals surface area contributed by atoms with E-state index in [1.807, 2.05) is 49.0 Å². The van der Waals surface area contributed by atoms with Crippen molar-refractivity contribution < 1.29 is 14.1 Å². The highest BCUT2D eigenvalue weighted by atomic mass is 16.5. The Hall–Kier alpha value is -3.09. The summed E-state index contributed by atoms with van der Waals surface area (Å²) in [4.78, 5) is 17.4. The van der Waals surface area contributed by atoms with E-state index in [4.69, 9.17) is 9.26 Å². The molecule has 1 amide bonds. The molecule has 2 heterocycles. The van der Waals surface area contributed by atoms with Crippen molar-refractivity contribution in [2.45, 2.75) is 26.3 Å². The Morgan fingerprint density at radius 3 is 2.65 bits per heavy atom. The fourth-order valence-electron chi connectivity index (χ4n) is 2.90. The smallest absolute Gasteiger partial charge is 0.257 e. The zero-order chi connectivity index (χ0) is 18.7. The Kier molecular flexibility index (Phi) is 5.06. The van der Waals surface area contributed by atoms with Crippen LogP contribution in [-0.4, -0.2) is 27.7 Å². The molecule has 0 spiro atoms. The van der Waals surface area contributed by atoms with E-state index in [-0.39, 0.29) is 5.91 Å². The molecule has 0 aliphatic heterocycles. The third kappa shape index (κ3) is 3.33. The van der Waals surface area contributed by atoms with Gasteiger partial charge in [0.15, 0.2) is 0 Å². The molecule has 1 unspecified atom stereocenters. The number of amides is 1. The van der Waals surface area contributed by atoms with Crippen molar-refractivity contribution in [3.8, 4) is 5.75 Å². The van der Waals surface area contributed by atoms with E-state index in [0.717, 1.165) is 17.1 Å². The summed E-state index contributed by atoms with van der Waals surface area (Å²) in [7, 11) is 3.51. The number of ether oxygens (including phenoxy) is 1. The first kappa shape index (κ1) is 17.7. The standard InChI is InChI=1S/C19H22N4O3/c1-5-15-16(12(2)26-22-15)19(24)21-17(18-20-10-11-23(18)3)13-6-8-14(25-4)9-7-13/h6-11,17H,5H2,1-4H3,(H,21,24). The lowest BCUT2D eigenvalue weighted by molar-refractivity contribution is 0.0939. The van der Waals surface area contributed by atoms with Crippen molar-refractivity contribution in [1.29, 1.82) is 0 Å². The number of hydrogen-bond donors (Lipinski definition) is 1. The SMILES string of the molecule is CCc1noc(C)c1C(=O)NC(c1ccc(OC)cc1)c1nccn1C. The van der Waals surface area contributed by atoms with Crippen LogP contribution in [0.2, 0.25) is 0 Å². The Labute approximate surface area is 152 Å². The van der Waals surface area contributed by atoms with Gasteiger partial charge in [-0.3, -0.25) is 4.79 Å². The molecule has 3 rings (SSSR count). The van der Waals surface area contributed by atoms with Crippen LogP contribution < -0.4 is 10.1 Å². The molecule has 0 fully saturated rings. The third-order valence-electron chi connectivity index (χ3n) is 4.34. The van der Waals surface area contributed by atoms with Crippen LogP contribution in [0.15, 0.2) is 41.2 Å². The third-order valence-corrected chi connectivity index (χ3v) is 4.34. The van der Waals surface area contributed by atoms with Crippen molar-refractivity contribution in [2.24, 2.45) is 7.05 Å². The van der Waals surface area contributed by atoms with Gasteiger partial charge in [-0.05, 0) is 31.0 Å². The van der Waals surface area contributed by atoms with Gasteiger partial charge in [0.1, 0.15) is 28.9 Å². The zero-order valence-corrected chi connectivity index (χ0v) is 15.3. The average Bonchev–Trinajstić information content (AvgIpc) is 3.25. The molecule has 1 atom stereocenters. The molecular formula is C19H22N4O3. The van der Waals surface area contributed by atoms with Gasteiger partial charge in [-0.2, -0.15) is 0 Å². The molecule has 2 aromatic heterocycles. The number of aryl methyl sites for hydroxylation is 3. The number of nitrogens with one attached hydrogen (secondary N) is 1. The topological polar surface area (TPSA) is 82.2 Å². The van der Waals surface area contributed by atoms with E-state index in [0.29, 0.717) is 23.4 Å². The minimum absolute atomic E-state index is 0.232. The summed E-state index contributed by atoms with van der Waals surface area (Å²) in [6.45, 7) is 3.68. The normalized spacial score (nSPS) is 12.0. The molecule has 0 bridgehead atoms. The molecular weight excluding hydrogens is 332 g/mol. The Bertz CT molecular complexity index is 896. The molecule has 26 heavy (non-hydrogen) atoms. The van der Waals surface area contributed by atoms with Gasteiger partial charge in [0, 0.05) is 19.4 Å². The summed E-state index contributed by atoms with van der Waals surface area (Å²) in [6.07, 6.45) is 4.18. The molecule has 7 nitrogen and oxygen atoms in total. The molecule has 7 heteroatoms. The van der Waals surface area contributed by atoms with Crippen molar-refractivity contribution in [1.82, 2.24) is 20.0 Å². The number of carbonyl (C=O) groups excluding carboxylic acids is 1. The Morgan fingerprint density at radius 2 is 2.08 bits per heavy atom. The molecule has 136 valence electrons. The monoisotopic (exact) mass is 354 g/mol. The van der Waals surface area contributed by atoms with Crippen LogP contribution in [0.5, 0.6) is 5.75 Å². The second-order valence-corrected chi connectivity index (χ2v) is 5.99. The number of imidazole rings is 1. The van der Waals surface area contributed by atoms with Crippen molar-refractivity contribution in [2.75, 3.05) is 7.11 Å². The zero-order valence-electron chi connectivity index (χ0n) is 15.3. The van der Waals surface area contributed by atoms with Crippen LogP contribution in [0.3, 0.4) is 0 Å². The van der Waals surface area contributed by atoms with E-state index in [9.17, 15) is 4.79 Å². The van der Waals surface area contributed by atoms with Gasteiger partial charge in [0.2, 0.25) is 0 Å². The second-order valence-electron chi connectivity index (χ2n) is 5.99. The first-order valence-electron chi connectivity index (χ1n) is 8.42. The maximum absolute atomic E-state index is 12.9. The minimum atomic E-state index is -0.410. The van der Waals surface area contributed by atoms with Gasteiger partial charge < -0.3 is 19.1 Å². The van der Waals surface area contributed by atoms with Crippen LogP contribution in [0, 0.1) is 6.92 Å². The first-order valence-corrected chi connectivity index (χ1v) is 8.42. The molecule has 0 radical (unpaired) electrons. The Morgan fingerprint density at radius 1 is 1.35 bits per heavy atom. The van der Waals surface area contributed by atoms with E-state index in [2.05, 4.69) is 15.5 Å². The van der Waals surface area contributed by atoms with E-state index >= 15 is 0 Å². The largest absolute Gasteiger partial charge is 0.497 e. The highest BCUT2D eigenvalue weighted by Crippen LogP contribution is 2.24. The van der Waals surface area contributed by atoms with Crippen LogP contribution >= 0.6 is 0 Å². The lowest BCUT2D eigenvalue weighted by Crippen LogP contribution is -2.31. The molecule has 1 aromatic carbocycles. The van der Waals surface area contributed by atoms with E-state index < -0.39 is 6.04 Å². The van der Waals surface area contributed by atoms with Crippen molar-refractivity contribution in [3.63, 3.8) is 0 Å². The van der Waals surface area contributed by atoms with Gasteiger partial charge in [-0.25, -0.2) is 4.98 Å². The number of aromatic nitrogens is 3. The average molecular weight is 354 g/mol. The predicted octanol–water partition coefficient (Wildman–Crippen LogP) is 2.81. The van der Waals surface area contributed by atoms with Gasteiger partial charge in [-0.1, -0.05) is 24.2 Å². The summed E-state index contributed by atoms with van der Waals surface area (Å²) in [5, 5.41) is 7.03. The highest BCUT2D eigenvalue weighted by Gasteiger charge is 2.25. The number of benzene rings is 1. The number of hydrogen-bond acceptors (Lipinski definition) is 5. The number of rotatable bonds is 6. The lowest BCUT2D eigenvalue weighted by Gasteiger charge is -2.19. The highest BCUT2D eigenvalue weighted by molar-refractivity contribution is 5.96. The minimum Gasteiger partial charge on any atom is -0.497 e. The van der Waals surface area contributed by atoms with Crippen LogP contribution in [0.25, 0.3) is 0 Å². The quantitative estimate of drug-likeness (QED) is 0.736. The number of carbonyl (C=O) groups is 1. The fourth-order valence-corrected chi connectivity index (χ4v) is 2.90. The van der Waals surface area contributed by atoms with Crippen LogP contribution in [-0.2, 0) is 13.5 Å².